The summed E-state index contributed by atoms with van der Waals surface area (Å²) in [6, 6.07) is 13.1. The van der Waals surface area contributed by atoms with E-state index >= 15 is 0 Å². The molecule has 1 saturated carbocycles. The minimum atomic E-state index is -3.69. The summed E-state index contributed by atoms with van der Waals surface area (Å²) < 4.78 is 34.4. The lowest BCUT2D eigenvalue weighted by atomic mass is 9.94. The van der Waals surface area contributed by atoms with Crippen molar-refractivity contribution in [3.05, 3.63) is 52.5 Å². The van der Waals surface area contributed by atoms with E-state index < -0.39 is 10.0 Å². The van der Waals surface area contributed by atoms with Crippen LogP contribution < -0.4 is 14.4 Å². The molecule has 0 heterocycles. The minimum Gasteiger partial charge on any atom is -0.496 e. The van der Waals surface area contributed by atoms with Gasteiger partial charge in [0, 0.05) is 5.56 Å². The Morgan fingerprint density at radius 2 is 1.86 bits per heavy atom. The fourth-order valence-electron chi connectivity index (χ4n) is 3.83. The predicted octanol–water partition coefficient (Wildman–Crippen LogP) is 3.61. The number of nitrogens with one attached hydrogen (secondary N) is 2. The molecule has 0 aromatic heterocycles. The molecule has 2 aromatic rings. The van der Waals surface area contributed by atoms with Gasteiger partial charge in [-0.25, -0.2) is 8.42 Å². The summed E-state index contributed by atoms with van der Waals surface area (Å²) >= 11 is 3.36. The van der Waals surface area contributed by atoms with Crippen molar-refractivity contribution in [2.45, 2.75) is 49.6 Å². The molecule has 1 aliphatic rings. The third-order valence-electron chi connectivity index (χ3n) is 5.47. The van der Waals surface area contributed by atoms with Crippen molar-refractivity contribution in [2.75, 3.05) is 18.9 Å². The summed E-state index contributed by atoms with van der Waals surface area (Å²) in [4.78, 5) is 1.64. The van der Waals surface area contributed by atoms with Crippen molar-refractivity contribution in [2.24, 2.45) is 0 Å². The Bertz CT molecular complexity index is 912. The molecule has 3 rings (SSSR count). The molecule has 0 radical (unpaired) electrons. The Morgan fingerprint density at radius 1 is 1.14 bits per heavy atom. The van der Waals surface area contributed by atoms with Gasteiger partial charge in [-0.2, -0.15) is 0 Å². The number of rotatable bonds is 7. The summed E-state index contributed by atoms with van der Waals surface area (Å²) in [5.41, 5.74) is 1.66. The van der Waals surface area contributed by atoms with Crippen molar-refractivity contribution < 1.29 is 18.1 Å². The Kier molecular flexibility index (Phi) is 7.01. The number of ether oxygens (including phenoxy) is 1. The maximum absolute atomic E-state index is 12.9. The second-order valence-electron chi connectivity index (χ2n) is 7.42. The van der Waals surface area contributed by atoms with Crippen LogP contribution in [0.2, 0.25) is 0 Å². The van der Waals surface area contributed by atoms with Crippen LogP contribution in [0.15, 0.2) is 51.8 Å². The lowest BCUT2D eigenvalue weighted by Crippen LogP contribution is -3.11. The molecule has 0 amide bonds. The van der Waals surface area contributed by atoms with E-state index in [4.69, 9.17) is 4.74 Å². The zero-order valence-electron chi connectivity index (χ0n) is 16.4. The third kappa shape index (κ3) is 5.07. The number of sulfonamides is 1. The molecule has 1 unspecified atom stereocenters. The number of benzene rings is 2. The quantitative estimate of drug-likeness (QED) is 0.653. The molecule has 0 spiro atoms. The number of halogens is 1. The Morgan fingerprint density at radius 3 is 2.54 bits per heavy atom. The highest BCUT2D eigenvalue weighted by molar-refractivity contribution is 9.10. The highest BCUT2D eigenvalue weighted by Gasteiger charge is 2.23. The predicted molar refractivity (Wildman–Crippen MR) is 115 cm³/mol. The van der Waals surface area contributed by atoms with Crippen LogP contribution in [0, 0.1) is 0 Å². The van der Waals surface area contributed by atoms with Crippen LogP contribution in [-0.2, 0) is 16.6 Å². The van der Waals surface area contributed by atoms with Gasteiger partial charge >= 0.3 is 0 Å². The van der Waals surface area contributed by atoms with Crippen LogP contribution in [0.3, 0.4) is 0 Å². The van der Waals surface area contributed by atoms with Crippen LogP contribution in [0.1, 0.15) is 37.7 Å². The van der Waals surface area contributed by atoms with Crippen molar-refractivity contribution >= 4 is 31.6 Å². The van der Waals surface area contributed by atoms with Gasteiger partial charge in [0.15, 0.2) is 0 Å². The number of quaternary nitrogens is 1. The summed E-state index contributed by atoms with van der Waals surface area (Å²) in [6.45, 7) is 0.801. The van der Waals surface area contributed by atoms with E-state index in [1.165, 1.54) is 37.0 Å². The maximum atomic E-state index is 12.9. The van der Waals surface area contributed by atoms with Crippen LogP contribution in [0.4, 0.5) is 5.69 Å². The van der Waals surface area contributed by atoms with E-state index in [9.17, 15) is 8.42 Å². The molecule has 1 aliphatic carbocycles. The van der Waals surface area contributed by atoms with E-state index in [2.05, 4.69) is 27.7 Å². The first-order valence-corrected chi connectivity index (χ1v) is 11.9. The zero-order valence-corrected chi connectivity index (χ0v) is 18.8. The first kappa shape index (κ1) is 21.1. The number of anilines is 1. The van der Waals surface area contributed by atoms with E-state index in [-0.39, 0.29) is 4.90 Å². The standard InChI is InChI=1S/C21H27BrN2O3S/c1-24(17-9-4-3-5-10-17)15-16-8-6-7-11-20(16)23-28(25,26)18-12-13-21(27-2)19(22)14-18/h6-8,11-14,17,23H,3-5,9-10,15H2,1-2H3/p+1. The van der Waals surface area contributed by atoms with Crippen molar-refractivity contribution in [3.63, 3.8) is 0 Å². The molecular weight excluding hydrogens is 440 g/mol. The van der Waals surface area contributed by atoms with Crippen LogP contribution >= 0.6 is 15.9 Å². The van der Waals surface area contributed by atoms with E-state index in [1.54, 1.807) is 25.3 Å². The second kappa shape index (κ2) is 9.29. The molecule has 2 N–H and O–H groups in total. The van der Waals surface area contributed by atoms with Gasteiger partial charge in [-0.15, -0.1) is 0 Å². The average molecular weight is 468 g/mol. The lowest BCUT2D eigenvalue weighted by Gasteiger charge is -2.28. The molecule has 1 fully saturated rings. The fourth-order valence-corrected chi connectivity index (χ4v) is 5.65. The number of hydrogen-bond acceptors (Lipinski definition) is 3. The summed E-state index contributed by atoms with van der Waals surface area (Å²) in [6.07, 6.45) is 6.42. The highest BCUT2D eigenvalue weighted by Crippen LogP contribution is 2.29. The van der Waals surface area contributed by atoms with Crippen LogP contribution in [0.5, 0.6) is 5.75 Å². The van der Waals surface area contributed by atoms with Gasteiger partial charge in [-0.1, -0.05) is 24.6 Å². The van der Waals surface area contributed by atoms with Gasteiger partial charge in [0.2, 0.25) is 0 Å². The molecule has 7 heteroatoms. The van der Waals surface area contributed by atoms with Crippen molar-refractivity contribution in [3.8, 4) is 5.75 Å². The molecule has 0 aliphatic heterocycles. The molecule has 1 atom stereocenters. The van der Waals surface area contributed by atoms with Crippen molar-refractivity contribution in [1.82, 2.24) is 0 Å². The normalized spacial score (nSPS) is 16.5. The SMILES string of the molecule is COc1ccc(S(=O)(=O)Nc2ccccc2C[NH+](C)C2CCCCC2)cc1Br. The first-order valence-electron chi connectivity index (χ1n) is 9.67. The molecular formula is C21H28BrN2O3S+. The lowest BCUT2D eigenvalue weighted by molar-refractivity contribution is -0.921. The fraction of sp³-hybridized carbons (Fsp3) is 0.429. The Balaban J connectivity index is 1.79. The second-order valence-corrected chi connectivity index (χ2v) is 9.95. The van der Waals surface area contributed by atoms with Crippen molar-refractivity contribution in [1.29, 1.82) is 0 Å². The van der Waals surface area contributed by atoms with Gasteiger partial charge in [0.05, 0.1) is 35.3 Å². The monoisotopic (exact) mass is 467 g/mol. The van der Waals surface area contributed by atoms with Gasteiger partial charge in [-0.05, 0) is 65.9 Å². The topological polar surface area (TPSA) is 59.8 Å². The van der Waals surface area contributed by atoms with E-state index in [0.29, 0.717) is 22.0 Å². The van der Waals surface area contributed by atoms with Gasteiger partial charge in [-0.3, -0.25) is 4.72 Å². The van der Waals surface area contributed by atoms with Gasteiger partial charge in [0.25, 0.3) is 10.0 Å². The highest BCUT2D eigenvalue weighted by atomic mass is 79.9. The van der Waals surface area contributed by atoms with E-state index in [0.717, 1.165) is 12.1 Å². The number of methoxy groups -OCH3 is 1. The zero-order chi connectivity index (χ0) is 20.1. The van der Waals surface area contributed by atoms with E-state index in [1.807, 2.05) is 24.3 Å². The molecule has 0 saturated heterocycles. The minimum absolute atomic E-state index is 0.197. The third-order valence-corrected chi connectivity index (χ3v) is 7.45. The molecule has 28 heavy (non-hydrogen) atoms. The van der Waals surface area contributed by atoms with Crippen LogP contribution in [0.25, 0.3) is 0 Å². The Hall–Kier alpha value is -1.57. The van der Waals surface area contributed by atoms with Crippen LogP contribution in [-0.4, -0.2) is 28.6 Å². The molecule has 5 nitrogen and oxygen atoms in total. The van der Waals surface area contributed by atoms with Gasteiger partial charge < -0.3 is 9.64 Å². The maximum Gasteiger partial charge on any atom is 0.261 e. The summed E-state index contributed by atoms with van der Waals surface area (Å²) in [7, 11) is 0.0709. The number of para-hydroxylation sites is 1. The van der Waals surface area contributed by atoms with Gasteiger partial charge in [0.1, 0.15) is 12.3 Å². The summed E-state index contributed by atoms with van der Waals surface area (Å²) in [5.74, 6) is 0.594. The Labute approximate surface area is 176 Å². The molecule has 152 valence electrons. The molecule has 0 bridgehead atoms. The molecule has 2 aromatic carbocycles. The number of hydrogen-bond donors (Lipinski definition) is 2. The first-order chi connectivity index (χ1) is 13.4. The smallest absolute Gasteiger partial charge is 0.261 e. The largest absolute Gasteiger partial charge is 0.496 e. The summed E-state index contributed by atoms with van der Waals surface area (Å²) in [5, 5.41) is 0. The average Bonchev–Trinajstić information content (AvgIpc) is 2.70.